The van der Waals surface area contributed by atoms with Crippen molar-refractivity contribution in [2.45, 2.75) is 52.0 Å². The van der Waals surface area contributed by atoms with E-state index in [-0.39, 0.29) is 22.9 Å². The van der Waals surface area contributed by atoms with Crippen molar-refractivity contribution in [3.05, 3.63) is 11.6 Å². The number of hydrogen-bond acceptors (Lipinski definition) is 4. The summed E-state index contributed by atoms with van der Waals surface area (Å²) in [7, 11) is 0. The molecule has 1 fully saturated rings. The van der Waals surface area contributed by atoms with Crippen LogP contribution in [0.15, 0.2) is 11.6 Å². The molecule has 1 aliphatic heterocycles. The minimum atomic E-state index is -0.927. The lowest BCUT2D eigenvalue weighted by atomic mass is 9.88. The SMILES string of the molecule is CC(=O)SCC(C)C(=O)N1C[C@@H](C2=CCCCC2)C[C@H]1C(=O)O. The molecular weight excluding hydrogens is 314 g/mol. The highest BCUT2D eigenvalue weighted by molar-refractivity contribution is 8.13. The fraction of sp³-hybridized carbons (Fsp3) is 0.706. The molecule has 2 aliphatic rings. The Balaban J connectivity index is 2.05. The van der Waals surface area contributed by atoms with Crippen molar-refractivity contribution >= 4 is 28.8 Å². The van der Waals surface area contributed by atoms with Gasteiger partial charge in [0.1, 0.15) is 6.04 Å². The van der Waals surface area contributed by atoms with E-state index in [9.17, 15) is 19.5 Å². The van der Waals surface area contributed by atoms with Gasteiger partial charge in [-0.25, -0.2) is 4.79 Å². The second-order valence-corrected chi connectivity index (χ2v) is 7.70. The Labute approximate surface area is 141 Å². The molecule has 1 unspecified atom stereocenters. The van der Waals surface area contributed by atoms with E-state index in [1.165, 1.54) is 23.8 Å². The van der Waals surface area contributed by atoms with Gasteiger partial charge in [-0.2, -0.15) is 0 Å². The lowest BCUT2D eigenvalue weighted by Crippen LogP contribution is -2.43. The van der Waals surface area contributed by atoms with Crippen molar-refractivity contribution in [2.24, 2.45) is 11.8 Å². The number of carbonyl (C=O) groups excluding carboxylic acids is 2. The molecule has 0 saturated carbocycles. The first-order valence-electron chi connectivity index (χ1n) is 8.25. The fourth-order valence-electron chi connectivity index (χ4n) is 3.41. The van der Waals surface area contributed by atoms with Crippen molar-refractivity contribution in [3.8, 4) is 0 Å². The smallest absolute Gasteiger partial charge is 0.326 e. The van der Waals surface area contributed by atoms with Gasteiger partial charge in [-0.05, 0) is 38.0 Å². The number of carboxylic acids is 1. The molecule has 0 bridgehead atoms. The van der Waals surface area contributed by atoms with Crippen LogP contribution in [-0.4, -0.2) is 45.3 Å². The molecule has 0 radical (unpaired) electrons. The van der Waals surface area contributed by atoms with Crippen molar-refractivity contribution in [2.75, 3.05) is 12.3 Å². The molecule has 3 atom stereocenters. The Hall–Kier alpha value is -1.30. The fourth-order valence-corrected chi connectivity index (χ4v) is 4.04. The molecule has 0 aromatic heterocycles. The van der Waals surface area contributed by atoms with Crippen molar-refractivity contribution in [3.63, 3.8) is 0 Å². The Kier molecular flexibility index (Phi) is 6.27. The topological polar surface area (TPSA) is 74.7 Å². The number of nitrogens with zero attached hydrogens (tertiary/aromatic N) is 1. The normalized spacial score (nSPS) is 25.8. The molecule has 1 amide bonds. The molecule has 0 aromatic rings. The Bertz CT molecular complexity index is 517. The third kappa shape index (κ3) is 4.59. The zero-order valence-electron chi connectivity index (χ0n) is 13.8. The van der Waals surface area contributed by atoms with Gasteiger partial charge in [0.15, 0.2) is 5.12 Å². The van der Waals surface area contributed by atoms with E-state index >= 15 is 0 Å². The molecule has 5 nitrogen and oxygen atoms in total. The van der Waals surface area contributed by atoms with Crippen LogP contribution >= 0.6 is 11.8 Å². The minimum Gasteiger partial charge on any atom is -0.480 e. The van der Waals surface area contributed by atoms with Gasteiger partial charge in [-0.3, -0.25) is 9.59 Å². The largest absolute Gasteiger partial charge is 0.480 e. The Morgan fingerprint density at radius 2 is 2.13 bits per heavy atom. The van der Waals surface area contributed by atoms with Gasteiger partial charge in [0.2, 0.25) is 5.91 Å². The van der Waals surface area contributed by atoms with Crippen LogP contribution in [0, 0.1) is 11.8 Å². The van der Waals surface area contributed by atoms with Crippen molar-refractivity contribution < 1.29 is 19.5 Å². The Morgan fingerprint density at radius 3 is 2.70 bits per heavy atom. The molecule has 1 heterocycles. The summed E-state index contributed by atoms with van der Waals surface area (Å²) < 4.78 is 0. The summed E-state index contributed by atoms with van der Waals surface area (Å²) in [5, 5.41) is 9.45. The highest BCUT2D eigenvalue weighted by atomic mass is 32.2. The molecule has 0 spiro atoms. The number of likely N-dealkylation sites (tertiary alicyclic amines) is 1. The molecule has 23 heavy (non-hydrogen) atoms. The number of hydrogen-bond donors (Lipinski definition) is 1. The van der Waals surface area contributed by atoms with Crippen LogP contribution in [0.1, 0.15) is 46.0 Å². The number of rotatable bonds is 5. The third-order valence-electron chi connectivity index (χ3n) is 4.68. The first kappa shape index (κ1) is 18.0. The van der Waals surface area contributed by atoms with Gasteiger partial charge in [-0.15, -0.1) is 0 Å². The van der Waals surface area contributed by atoms with E-state index in [0.29, 0.717) is 18.7 Å². The molecule has 1 saturated heterocycles. The summed E-state index contributed by atoms with van der Waals surface area (Å²) in [5.74, 6) is -0.837. The van der Waals surface area contributed by atoms with Crippen LogP contribution in [0.3, 0.4) is 0 Å². The zero-order chi connectivity index (χ0) is 17.0. The summed E-state index contributed by atoms with van der Waals surface area (Å²) in [6.07, 6.45) is 7.17. The van der Waals surface area contributed by atoms with Gasteiger partial charge in [0, 0.05) is 25.1 Å². The van der Waals surface area contributed by atoms with E-state index < -0.39 is 12.0 Å². The number of amides is 1. The molecule has 2 rings (SSSR count). The van der Waals surface area contributed by atoms with E-state index in [1.54, 1.807) is 6.92 Å². The highest BCUT2D eigenvalue weighted by Gasteiger charge is 2.41. The van der Waals surface area contributed by atoms with Crippen LogP contribution in [0.25, 0.3) is 0 Å². The number of allylic oxidation sites excluding steroid dienone is 1. The quantitative estimate of drug-likeness (QED) is 0.780. The second-order valence-electron chi connectivity index (χ2n) is 6.51. The highest BCUT2D eigenvalue weighted by Crippen LogP contribution is 2.35. The summed E-state index contributed by atoms with van der Waals surface area (Å²) in [5.41, 5.74) is 1.32. The van der Waals surface area contributed by atoms with Gasteiger partial charge in [-0.1, -0.05) is 30.3 Å². The minimum absolute atomic E-state index is 0.0221. The van der Waals surface area contributed by atoms with Crippen molar-refractivity contribution in [1.82, 2.24) is 4.90 Å². The van der Waals surface area contributed by atoms with Gasteiger partial charge < -0.3 is 10.0 Å². The molecular formula is C17H25NO4S. The molecule has 6 heteroatoms. The average molecular weight is 339 g/mol. The van der Waals surface area contributed by atoms with E-state index in [1.807, 2.05) is 0 Å². The Morgan fingerprint density at radius 1 is 1.39 bits per heavy atom. The lowest BCUT2D eigenvalue weighted by molar-refractivity contribution is -0.149. The standard InChI is InChI=1S/C17H25NO4S/c1-11(10-23-12(2)19)16(20)18-9-14(8-15(18)17(21)22)13-6-4-3-5-7-13/h6,11,14-15H,3-5,7-10H2,1-2H3,(H,21,22)/t11?,14-,15-/m0/s1. The maximum atomic E-state index is 12.6. The number of carbonyl (C=O) groups is 3. The third-order valence-corrected chi connectivity index (χ3v) is 5.75. The summed E-state index contributed by atoms with van der Waals surface area (Å²) >= 11 is 1.12. The van der Waals surface area contributed by atoms with E-state index in [2.05, 4.69) is 6.08 Å². The zero-order valence-corrected chi connectivity index (χ0v) is 14.6. The van der Waals surface area contributed by atoms with Gasteiger partial charge in [0.25, 0.3) is 0 Å². The van der Waals surface area contributed by atoms with Crippen molar-refractivity contribution in [1.29, 1.82) is 0 Å². The summed E-state index contributed by atoms with van der Waals surface area (Å²) in [6, 6.07) is -0.736. The molecule has 128 valence electrons. The number of aliphatic carboxylic acids is 1. The first-order valence-corrected chi connectivity index (χ1v) is 9.24. The predicted octanol–water partition coefficient (Wildman–Crippen LogP) is 2.70. The van der Waals surface area contributed by atoms with Crippen LogP contribution in [0.2, 0.25) is 0 Å². The maximum Gasteiger partial charge on any atom is 0.326 e. The predicted molar refractivity (Wildman–Crippen MR) is 90.1 cm³/mol. The first-order chi connectivity index (χ1) is 10.9. The van der Waals surface area contributed by atoms with Crippen LogP contribution in [0.5, 0.6) is 0 Å². The average Bonchev–Trinajstić information content (AvgIpc) is 2.98. The molecule has 0 aromatic carbocycles. The van der Waals surface area contributed by atoms with Crippen LogP contribution in [-0.2, 0) is 14.4 Å². The molecule has 1 N–H and O–H groups in total. The number of thioether (sulfide) groups is 1. The summed E-state index contributed by atoms with van der Waals surface area (Å²) in [6.45, 7) is 3.74. The lowest BCUT2D eigenvalue weighted by Gasteiger charge is -2.25. The number of carboxylic acid groups (broad SMARTS) is 1. The van der Waals surface area contributed by atoms with E-state index in [0.717, 1.165) is 31.0 Å². The van der Waals surface area contributed by atoms with Crippen LogP contribution < -0.4 is 0 Å². The second kappa shape index (κ2) is 7.99. The molecule has 1 aliphatic carbocycles. The van der Waals surface area contributed by atoms with Crippen LogP contribution in [0.4, 0.5) is 0 Å². The van der Waals surface area contributed by atoms with Gasteiger partial charge >= 0.3 is 5.97 Å². The maximum absolute atomic E-state index is 12.6. The van der Waals surface area contributed by atoms with E-state index in [4.69, 9.17) is 0 Å². The summed E-state index contributed by atoms with van der Waals surface area (Å²) in [4.78, 5) is 36.8. The van der Waals surface area contributed by atoms with Gasteiger partial charge in [0.05, 0.1) is 0 Å². The monoisotopic (exact) mass is 339 g/mol.